The maximum absolute atomic E-state index is 12.2. The molecular weight excluding hydrogens is 348 g/mol. The first-order valence-corrected chi connectivity index (χ1v) is 9.60. The van der Waals surface area contributed by atoms with E-state index in [0.29, 0.717) is 24.3 Å². The summed E-state index contributed by atoms with van der Waals surface area (Å²) in [4.78, 5) is 26.1. The largest absolute Gasteiger partial charge is 0.336 e. The molecular formula is C21H25ClN2O2. The summed E-state index contributed by atoms with van der Waals surface area (Å²) in [6.07, 6.45) is 9.62. The molecule has 1 saturated heterocycles. The molecule has 1 atom stereocenters. The number of likely N-dealkylation sites (tertiary alicyclic amines) is 1. The highest BCUT2D eigenvalue weighted by molar-refractivity contribution is 6.30. The minimum atomic E-state index is 0.0167. The molecule has 1 fully saturated rings. The van der Waals surface area contributed by atoms with Gasteiger partial charge in [0.05, 0.1) is 12.1 Å². The lowest BCUT2D eigenvalue weighted by atomic mass is 10.1. The van der Waals surface area contributed by atoms with Gasteiger partial charge in [-0.05, 0) is 43.0 Å². The minimum Gasteiger partial charge on any atom is -0.336 e. The highest BCUT2D eigenvalue weighted by Gasteiger charge is 2.28. The Morgan fingerprint density at radius 3 is 2.88 bits per heavy atom. The molecule has 1 aromatic rings. The Kier molecular flexibility index (Phi) is 8.37. The number of rotatable bonds is 10. The molecule has 1 aliphatic rings. The van der Waals surface area contributed by atoms with Crippen molar-refractivity contribution in [2.45, 2.75) is 57.4 Å². The molecule has 0 radical (unpaired) electrons. The van der Waals surface area contributed by atoms with E-state index >= 15 is 0 Å². The quantitative estimate of drug-likeness (QED) is 0.449. The second-order valence-corrected chi connectivity index (χ2v) is 7.08. The summed E-state index contributed by atoms with van der Waals surface area (Å²) < 4.78 is 0. The first-order valence-electron chi connectivity index (χ1n) is 9.22. The molecule has 26 heavy (non-hydrogen) atoms. The number of unbranched alkanes of at least 4 members (excludes halogenated alkanes) is 4. The van der Waals surface area contributed by atoms with E-state index in [2.05, 4.69) is 6.07 Å². The number of halogens is 1. The summed E-state index contributed by atoms with van der Waals surface area (Å²) in [6.45, 7) is 0.725. The fourth-order valence-electron chi connectivity index (χ4n) is 3.21. The van der Waals surface area contributed by atoms with Crippen molar-refractivity contribution >= 4 is 23.3 Å². The number of benzene rings is 1. The van der Waals surface area contributed by atoms with Crippen molar-refractivity contribution in [1.29, 1.82) is 5.26 Å². The lowest BCUT2D eigenvalue weighted by molar-refractivity contribution is -0.128. The summed E-state index contributed by atoms with van der Waals surface area (Å²) in [5, 5.41) is 9.16. The van der Waals surface area contributed by atoms with E-state index in [9.17, 15) is 9.59 Å². The predicted molar refractivity (Wildman–Crippen MR) is 103 cm³/mol. The van der Waals surface area contributed by atoms with Gasteiger partial charge < -0.3 is 4.90 Å². The second-order valence-electron chi connectivity index (χ2n) is 6.65. The molecule has 0 aromatic heterocycles. The Morgan fingerprint density at radius 1 is 1.31 bits per heavy atom. The number of carbonyl (C=O) groups is 2. The molecule has 1 aliphatic heterocycles. The predicted octanol–water partition coefficient (Wildman–Crippen LogP) is 4.47. The normalized spacial score (nSPS) is 17.0. The maximum Gasteiger partial charge on any atom is 0.223 e. The number of ketones is 1. The summed E-state index contributed by atoms with van der Waals surface area (Å²) in [6, 6.07) is 9.47. The molecule has 5 heteroatoms. The zero-order valence-corrected chi connectivity index (χ0v) is 15.8. The summed E-state index contributed by atoms with van der Waals surface area (Å²) in [7, 11) is 0. The van der Waals surface area contributed by atoms with Crippen LogP contribution in [0.25, 0.3) is 0 Å². The van der Waals surface area contributed by atoms with Crippen molar-refractivity contribution in [3.05, 3.63) is 47.0 Å². The van der Waals surface area contributed by atoms with Crippen molar-refractivity contribution in [2.75, 3.05) is 6.54 Å². The Morgan fingerprint density at radius 2 is 2.12 bits per heavy atom. The molecule has 138 valence electrons. The molecule has 0 N–H and O–H groups in total. The van der Waals surface area contributed by atoms with Crippen molar-refractivity contribution in [1.82, 2.24) is 4.90 Å². The number of hydrogen-bond acceptors (Lipinski definition) is 3. The van der Waals surface area contributed by atoms with E-state index in [0.717, 1.165) is 44.2 Å². The van der Waals surface area contributed by atoms with Gasteiger partial charge in [0.15, 0.2) is 5.78 Å². The molecule has 1 heterocycles. The number of nitrogens with zero attached hydrogens (tertiary/aromatic N) is 2. The third-order valence-electron chi connectivity index (χ3n) is 4.58. The minimum absolute atomic E-state index is 0.0167. The van der Waals surface area contributed by atoms with Crippen molar-refractivity contribution < 1.29 is 9.59 Å². The van der Waals surface area contributed by atoms with E-state index < -0.39 is 0 Å². The second kappa shape index (κ2) is 10.8. The maximum atomic E-state index is 12.2. The van der Waals surface area contributed by atoms with E-state index in [-0.39, 0.29) is 17.7 Å². The van der Waals surface area contributed by atoms with Crippen LogP contribution in [-0.2, 0) is 16.0 Å². The zero-order valence-electron chi connectivity index (χ0n) is 15.0. The van der Waals surface area contributed by atoms with E-state index in [1.165, 1.54) is 0 Å². The summed E-state index contributed by atoms with van der Waals surface area (Å²) >= 11 is 5.94. The Hall–Kier alpha value is -2.12. The highest BCUT2D eigenvalue weighted by Crippen LogP contribution is 2.21. The van der Waals surface area contributed by atoms with Crippen LogP contribution in [0.15, 0.2) is 36.4 Å². The molecule has 1 amide bonds. The summed E-state index contributed by atoms with van der Waals surface area (Å²) in [5.74, 6) is 0.182. The molecule has 0 aliphatic carbocycles. The molecule has 1 aromatic carbocycles. The number of allylic oxidation sites excluding steroid dienone is 1. The van der Waals surface area contributed by atoms with Crippen LogP contribution in [0.3, 0.4) is 0 Å². The molecule has 0 spiro atoms. The Bertz CT molecular complexity index is 693. The zero-order chi connectivity index (χ0) is 18.8. The standard InChI is InChI=1S/C21H25ClN2O2/c22-18-8-6-7-17(15-18)16-20(25)11-9-19-10-12-21(26)24(19)14-5-3-1-2-4-13-23/h6-9,11,15,19H,1-5,10,12,14,16H2/b11-9+. The van der Waals surface area contributed by atoms with Gasteiger partial charge in [-0.2, -0.15) is 5.26 Å². The lowest BCUT2D eigenvalue weighted by Crippen LogP contribution is -2.32. The van der Waals surface area contributed by atoms with Gasteiger partial charge in [-0.1, -0.05) is 42.7 Å². The van der Waals surface area contributed by atoms with Crippen molar-refractivity contribution in [2.24, 2.45) is 0 Å². The van der Waals surface area contributed by atoms with Gasteiger partial charge in [-0.15, -0.1) is 0 Å². The lowest BCUT2D eigenvalue weighted by Gasteiger charge is -2.22. The van der Waals surface area contributed by atoms with Crippen LogP contribution in [0.2, 0.25) is 5.02 Å². The number of hydrogen-bond donors (Lipinski definition) is 0. The SMILES string of the molecule is N#CCCCCCCN1C(=O)CCC1/C=C/C(=O)Cc1cccc(Cl)c1. The topological polar surface area (TPSA) is 61.2 Å². The van der Waals surface area contributed by atoms with Crippen LogP contribution in [-0.4, -0.2) is 29.2 Å². The monoisotopic (exact) mass is 372 g/mol. The van der Waals surface area contributed by atoms with Crippen LogP contribution < -0.4 is 0 Å². The van der Waals surface area contributed by atoms with Gasteiger partial charge in [0, 0.05) is 30.8 Å². The highest BCUT2D eigenvalue weighted by atomic mass is 35.5. The van der Waals surface area contributed by atoms with Gasteiger partial charge in [-0.3, -0.25) is 9.59 Å². The van der Waals surface area contributed by atoms with Gasteiger partial charge in [-0.25, -0.2) is 0 Å². The third kappa shape index (κ3) is 6.65. The van der Waals surface area contributed by atoms with Crippen LogP contribution in [0.5, 0.6) is 0 Å². The van der Waals surface area contributed by atoms with Crippen LogP contribution >= 0.6 is 11.6 Å². The van der Waals surface area contributed by atoms with Crippen LogP contribution in [0.4, 0.5) is 0 Å². The van der Waals surface area contributed by atoms with E-state index in [4.69, 9.17) is 16.9 Å². The number of nitriles is 1. The molecule has 0 saturated carbocycles. The first-order chi connectivity index (χ1) is 12.6. The van der Waals surface area contributed by atoms with Crippen LogP contribution in [0, 0.1) is 11.3 Å². The Balaban J connectivity index is 1.80. The van der Waals surface area contributed by atoms with Crippen molar-refractivity contribution in [3.63, 3.8) is 0 Å². The summed E-state index contributed by atoms with van der Waals surface area (Å²) in [5.41, 5.74) is 0.892. The van der Waals surface area contributed by atoms with Gasteiger partial charge >= 0.3 is 0 Å². The average molecular weight is 373 g/mol. The fraction of sp³-hybridized carbons (Fsp3) is 0.476. The van der Waals surface area contributed by atoms with Crippen molar-refractivity contribution in [3.8, 4) is 6.07 Å². The van der Waals surface area contributed by atoms with Gasteiger partial charge in [0.2, 0.25) is 5.91 Å². The smallest absolute Gasteiger partial charge is 0.223 e. The van der Waals surface area contributed by atoms with E-state index in [1.807, 2.05) is 23.1 Å². The first kappa shape index (κ1) is 20.2. The van der Waals surface area contributed by atoms with Crippen LogP contribution in [0.1, 0.15) is 50.5 Å². The number of amides is 1. The Labute approximate surface area is 160 Å². The molecule has 2 rings (SSSR count). The van der Waals surface area contributed by atoms with Gasteiger partial charge in [0.25, 0.3) is 0 Å². The fourth-order valence-corrected chi connectivity index (χ4v) is 3.42. The number of carbonyl (C=O) groups excluding carboxylic acids is 2. The molecule has 4 nitrogen and oxygen atoms in total. The van der Waals surface area contributed by atoms with Gasteiger partial charge in [0.1, 0.15) is 0 Å². The molecule has 1 unspecified atom stereocenters. The van der Waals surface area contributed by atoms with E-state index in [1.54, 1.807) is 18.2 Å². The third-order valence-corrected chi connectivity index (χ3v) is 4.82. The molecule has 0 bridgehead atoms. The average Bonchev–Trinajstić information content (AvgIpc) is 2.96.